The van der Waals surface area contributed by atoms with Gasteiger partial charge in [-0.1, -0.05) is 38.1 Å². The molecule has 0 radical (unpaired) electrons. The summed E-state index contributed by atoms with van der Waals surface area (Å²) in [6, 6.07) is 11.6. The Bertz CT molecular complexity index is 874. The van der Waals surface area contributed by atoms with E-state index in [1.807, 2.05) is 13.8 Å². The predicted octanol–water partition coefficient (Wildman–Crippen LogP) is 3.93. The number of hydrogen-bond acceptors (Lipinski definition) is 4. The first kappa shape index (κ1) is 23.1. The van der Waals surface area contributed by atoms with Crippen LogP contribution in [0.15, 0.2) is 48.5 Å². The maximum atomic E-state index is 12.8. The van der Waals surface area contributed by atoms with Crippen LogP contribution >= 0.6 is 0 Å². The fourth-order valence-corrected chi connectivity index (χ4v) is 2.93. The van der Waals surface area contributed by atoms with Gasteiger partial charge in [-0.15, -0.1) is 0 Å². The summed E-state index contributed by atoms with van der Waals surface area (Å²) in [6.07, 6.45) is 0. The molecule has 6 nitrogen and oxygen atoms in total. The van der Waals surface area contributed by atoms with Gasteiger partial charge in [0.2, 0.25) is 5.91 Å². The standard InChI is InChI=1S/C22H26F2N2O4/c1-13(2)19(26-20(27)17-10-5-6-11-18(17)29-4)21(28)25-14(3)15-8-7-9-16(12-15)30-22(23)24/h5-14,19,22H,1-4H3,(H,25,28)(H,26,27). The molecule has 2 atom stereocenters. The number of para-hydroxylation sites is 1. The van der Waals surface area contributed by atoms with Gasteiger partial charge in [-0.2, -0.15) is 8.78 Å². The third kappa shape index (κ3) is 6.17. The fraction of sp³-hybridized carbons (Fsp3) is 0.364. The van der Waals surface area contributed by atoms with Crippen molar-refractivity contribution in [3.05, 3.63) is 59.7 Å². The van der Waals surface area contributed by atoms with Crippen LogP contribution in [-0.2, 0) is 4.79 Å². The summed E-state index contributed by atoms with van der Waals surface area (Å²) in [5.74, 6) is -0.595. The SMILES string of the molecule is COc1ccccc1C(=O)NC(C(=O)NC(C)c1cccc(OC(F)F)c1)C(C)C. The van der Waals surface area contributed by atoms with E-state index in [4.69, 9.17) is 4.74 Å². The van der Waals surface area contributed by atoms with Crippen molar-refractivity contribution in [3.8, 4) is 11.5 Å². The number of ether oxygens (including phenoxy) is 2. The van der Waals surface area contributed by atoms with E-state index in [9.17, 15) is 18.4 Å². The third-order valence-corrected chi connectivity index (χ3v) is 4.53. The minimum atomic E-state index is -2.93. The van der Waals surface area contributed by atoms with Crippen LogP contribution in [0.4, 0.5) is 8.78 Å². The summed E-state index contributed by atoms with van der Waals surface area (Å²) in [5.41, 5.74) is 0.920. The highest BCUT2D eigenvalue weighted by Crippen LogP contribution is 2.21. The van der Waals surface area contributed by atoms with E-state index in [0.717, 1.165) is 0 Å². The Balaban J connectivity index is 2.11. The summed E-state index contributed by atoms with van der Waals surface area (Å²) in [6.45, 7) is 2.42. The van der Waals surface area contributed by atoms with Gasteiger partial charge in [0.1, 0.15) is 17.5 Å². The zero-order chi connectivity index (χ0) is 22.3. The molecule has 2 amide bonds. The van der Waals surface area contributed by atoms with Crippen LogP contribution in [0.25, 0.3) is 0 Å². The lowest BCUT2D eigenvalue weighted by atomic mass is 10.0. The average Bonchev–Trinajstić information content (AvgIpc) is 2.71. The molecule has 0 aliphatic rings. The molecule has 0 saturated heterocycles. The molecular weight excluding hydrogens is 394 g/mol. The van der Waals surface area contributed by atoms with Crippen molar-refractivity contribution in [2.75, 3.05) is 7.11 Å². The Morgan fingerprint density at radius 2 is 1.67 bits per heavy atom. The first-order valence-electron chi connectivity index (χ1n) is 9.52. The van der Waals surface area contributed by atoms with Crippen LogP contribution in [0.3, 0.4) is 0 Å². The number of carbonyl (C=O) groups excluding carboxylic acids is 2. The second-order valence-electron chi connectivity index (χ2n) is 7.08. The molecule has 2 aromatic rings. The molecule has 0 fully saturated rings. The number of rotatable bonds is 9. The highest BCUT2D eigenvalue weighted by molar-refractivity contribution is 5.99. The van der Waals surface area contributed by atoms with Gasteiger partial charge in [0.25, 0.3) is 5.91 Å². The summed E-state index contributed by atoms with van der Waals surface area (Å²) < 4.78 is 34.5. The zero-order valence-electron chi connectivity index (χ0n) is 17.3. The second-order valence-corrected chi connectivity index (χ2v) is 7.08. The first-order valence-corrected chi connectivity index (χ1v) is 9.52. The van der Waals surface area contributed by atoms with E-state index in [-0.39, 0.29) is 17.6 Å². The van der Waals surface area contributed by atoms with Gasteiger partial charge in [-0.05, 0) is 42.7 Å². The maximum Gasteiger partial charge on any atom is 0.387 e. The van der Waals surface area contributed by atoms with Gasteiger partial charge >= 0.3 is 6.61 Å². The van der Waals surface area contributed by atoms with E-state index in [2.05, 4.69) is 15.4 Å². The Morgan fingerprint density at radius 1 is 0.967 bits per heavy atom. The Labute approximate surface area is 174 Å². The Kier molecular flexibility index (Phi) is 8.15. The Morgan fingerprint density at radius 3 is 2.30 bits per heavy atom. The van der Waals surface area contributed by atoms with Crippen molar-refractivity contribution in [2.24, 2.45) is 5.92 Å². The topological polar surface area (TPSA) is 76.7 Å². The van der Waals surface area contributed by atoms with Crippen molar-refractivity contribution in [2.45, 2.75) is 39.5 Å². The van der Waals surface area contributed by atoms with Crippen LogP contribution in [0.1, 0.15) is 42.7 Å². The molecule has 2 aromatic carbocycles. The van der Waals surface area contributed by atoms with Gasteiger partial charge in [-0.25, -0.2) is 0 Å². The molecule has 8 heteroatoms. The van der Waals surface area contributed by atoms with Crippen molar-refractivity contribution >= 4 is 11.8 Å². The van der Waals surface area contributed by atoms with E-state index < -0.39 is 24.6 Å². The van der Waals surface area contributed by atoms with Crippen LogP contribution in [-0.4, -0.2) is 31.6 Å². The number of amides is 2. The lowest BCUT2D eigenvalue weighted by molar-refractivity contribution is -0.124. The molecular formula is C22H26F2N2O4. The molecule has 30 heavy (non-hydrogen) atoms. The maximum absolute atomic E-state index is 12.8. The number of hydrogen-bond donors (Lipinski definition) is 2. The minimum absolute atomic E-state index is 0.00786. The smallest absolute Gasteiger partial charge is 0.387 e. The molecule has 2 unspecified atom stereocenters. The van der Waals surface area contributed by atoms with Gasteiger partial charge in [0.05, 0.1) is 18.7 Å². The number of benzene rings is 2. The number of nitrogens with one attached hydrogen (secondary N) is 2. The number of carbonyl (C=O) groups is 2. The molecule has 0 saturated carbocycles. The van der Waals surface area contributed by atoms with Crippen molar-refractivity contribution < 1.29 is 27.8 Å². The zero-order valence-corrected chi connectivity index (χ0v) is 17.3. The van der Waals surface area contributed by atoms with Crippen molar-refractivity contribution in [1.82, 2.24) is 10.6 Å². The molecule has 0 bridgehead atoms. The van der Waals surface area contributed by atoms with Crippen molar-refractivity contribution in [1.29, 1.82) is 0 Å². The minimum Gasteiger partial charge on any atom is -0.496 e. The molecule has 0 aliphatic carbocycles. The number of halogens is 2. The summed E-state index contributed by atoms with van der Waals surface area (Å²) in [5, 5.41) is 5.56. The van der Waals surface area contributed by atoms with Gasteiger partial charge in [-0.3, -0.25) is 9.59 Å². The van der Waals surface area contributed by atoms with Crippen LogP contribution < -0.4 is 20.1 Å². The molecule has 162 valence electrons. The van der Waals surface area contributed by atoms with Gasteiger partial charge < -0.3 is 20.1 Å². The van der Waals surface area contributed by atoms with Crippen molar-refractivity contribution in [3.63, 3.8) is 0 Å². The van der Waals surface area contributed by atoms with Crippen LogP contribution in [0.5, 0.6) is 11.5 Å². The summed E-state index contributed by atoms with van der Waals surface area (Å²) in [7, 11) is 1.46. The molecule has 0 aromatic heterocycles. The number of alkyl halides is 2. The second kappa shape index (κ2) is 10.6. The van der Waals surface area contributed by atoms with E-state index in [1.54, 1.807) is 43.3 Å². The molecule has 2 rings (SSSR count). The predicted molar refractivity (Wildman–Crippen MR) is 109 cm³/mol. The van der Waals surface area contributed by atoms with E-state index >= 15 is 0 Å². The summed E-state index contributed by atoms with van der Waals surface area (Å²) >= 11 is 0. The quantitative estimate of drug-likeness (QED) is 0.645. The average molecular weight is 420 g/mol. The third-order valence-electron chi connectivity index (χ3n) is 4.53. The fourth-order valence-electron chi connectivity index (χ4n) is 2.93. The monoisotopic (exact) mass is 420 g/mol. The normalized spacial score (nSPS) is 12.9. The summed E-state index contributed by atoms with van der Waals surface area (Å²) in [4.78, 5) is 25.5. The Hall–Kier alpha value is -3.16. The highest BCUT2D eigenvalue weighted by Gasteiger charge is 2.27. The van der Waals surface area contributed by atoms with Crippen LogP contribution in [0.2, 0.25) is 0 Å². The van der Waals surface area contributed by atoms with Gasteiger partial charge in [0, 0.05) is 0 Å². The van der Waals surface area contributed by atoms with Crippen LogP contribution in [0, 0.1) is 5.92 Å². The molecule has 0 aliphatic heterocycles. The largest absolute Gasteiger partial charge is 0.496 e. The molecule has 2 N–H and O–H groups in total. The molecule has 0 spiro atoms. The number of methoxy groups -OCH3 is 1. The van der Waals surface area contributed by atoms with E-state index in [0.29, 0.717) is 16.9 Å². The lowest BCUT2D eigenvalue weighted by Crippen LogP contribution is -2.50. The first-order chi connectivity index (χ1) is 14.2. The highest BCUT2D eigenvalue weighted by atomic mass is 19.3. The molecule has 0 heterocycles. The lowest BCUT2D eigenvalue weighted by Gasteiger charge is -2.24. The van der Waals surface area contributed by atoms with Gasteiger partial charge in [0.15, 0.2) is 0 Å². The van der Waals surface area contributed by atoms with E-state index in [1.165, 1.54) is 19.2 Å².